The van der Waals surface area contributed by atoms with Crippen molar-refractivity contribution >= 4 is 18.5 Å². The Labute approximate surface area is 120 Å². The zero-order valence-corrected chi connectivity index (χ0v) is 11.7. The van der Waals surface area contributed by atoms with Crippen molar-refractivity contribution in [3.05, 3.63) is 35.9 Å². The molecule has 106 valence electrons. The number of carboxylic acid groups (broad SMARTS) is 1. The first-order chi connectivity index (χ1) is 8.74. The second-order valence-electron chi connectivity index (χ2n) is 4.92. The first-order valence-electron chi connectivity index (χ1n) is 6.48. The zero-order valence-electron chi connectivity index (χ0n) is 10.8. The van der Waals surface area contributed by atoms with E-state index in [0.717, 1.165) is 25.8 Å². The van der Waals surface area contributed by atoms with E-state index in [1.54, 1.807) is 0 Å². The summed E-state index contributed by atoms with van der Waals surface area (Å²) < 4.78 is 0. The minimum atomic E-state index is -0.923. The largest absolute Gasteiger partial charge is 0.465 e. The van der Waals surface area contributed by atoms with Gasteiger partial charge in [0.2, 0.25) is 0 Å². The molecule has 1 amide bonds. The van der Waals surface area contributed by atoms with Crippen LogP contribution in [0, 0.1) is 5.92 Å². The van der Waals surface area contributed by atoms with Gasteiger partial charge in [0, 0.05) is 12.6 Å². The molecule has 0 saturated carbocycles. The normalized spacial score (nSPS) is 22.3. The van der Waals surface area contributed by atoms with E-state index in [1.165, 1.54) is 5.56 Å². The van der Waals surface area contributed by atoms with Gasteiger partial charge in [-0.05, 0) is 37.3 Å². The third-order valence-corrected chi connectivity index (χ3v) is 3.47. The van der Waals surface area contributed by atoms with E-state index in [-0.39, 0.29) is 12.4 Å². The monoisotopic (exact) mass is 284 g/mol. The van der Waals surface area contributed by atoms with Gasteiger partial charge < -0.3 is 15.7 Å². The first kappa shape index (κ1) is 15.8. The molecule has 3 N–H and O–H groups in total. The van der Waals surface area contributed by atoms with Gasteiger partial charge in [0.05, 0.1) is 0 Å². The zero-order chi connectivity index (χ0) is 12.8. The van der Waals surface area contributed by atoms with Gasteiger partial charge in [-0.1, -0.05) is 30.3 Å². The molecule has 1 fully saturated rings. The number of rotatable bonds is 4. The third-order valence-electron chi connectivity index (χ3n) is 3.47. The molecule has 2 atom stereocenters. The summed E-state index contributed by atoms with van der Waals surface area (Å²) in [7, 11) is 0. The van der Waals surface area contributed by atoms with Crippen molar-refractivity contribution in [1.29, 1.82) is 0 Å². The molecule has 2 rings (SSSR count). The van der Waals surface area contributed by atoms with Gasteiger partial charge in [-0.25, -0.2) is 4.79 Å². The summed E-state index contributed by atoms with van der Waals surface area (Å²) in [5.74, 6) is 0.455. The summed E-state index contributed by atoms with van der Waals surface area (Å²) in [6.07, 6.45) is 2.18. The lowest BCUT2D eigenvalue weighted by atomic mass is 9.89. The van der Waals surface area contributed by atoms with Gasteiger partial charge >= 0.3 is 6.09 Å². The molecule has 1 heterocycles. The van der Waals surface area contributed by atoms with Gasteiger partial charge in [0.1, 0.15) is 0 Å². The molecule has 1 aromatic carbocycles. The molecule has 1 aliphatic rings. The molecule has 2 unspecified atom stereocenters. The predicted molar refractivity (Wildman–Crippen MR) is 77.9 cm³/mol. The lowest BCUT2D eigenvalue weighted by molar-refractivity contribution is 0.189. The molecular weight excluding hydrogens is 264 g/mol. The van der Waals surface area contributed by atoms with E-state index >= 15 is 0 Å². The highest BCUT2D eigenvalue weighted by molar-refractivity contribution is 5.85. The highest BCUT2D eigenvalue weighted by atomic mass is 35.5. The van der Waals surface area contributed by atoms with Crippen molar-refractivity contribution in [1.82, 2.24) is 10.6 Å². The molecular formula is C14H21ClN2O2. The second-order valence-corrected chi connectivity index (χ2v) is 4.92. The fraction of sp³-hybridized carbons (Fsp3) is 0.500. The van der Waals surface area contributed by atoms with Crippen molar-refractivity contribution in [2.45, 2.75) is 25.3 Å². The molecule has 0 radical (unpaired) electrons. The standard InChI is InChI=1S/C14H20N2O2.ClH/c17-14(18)16-10-12-6-7-15-13(9-12)8-11-4-2-1-3-5-11;/h1-5,12-13,15-16H,6-10H2,(H,17,18);1H. The van der Waals surface area contributed by atoms with Gasteiger partial charge in [-0.2, -0.15) is 0 Å². The molecule has 5 heteroatoms. The Balaban J connectivity index is 0.00000180. The topological polar surface area (TPSA) is 61.4 Å². The van der Waals surface area contributed by atoms with Crippen LogP contribution in [0.1, 0.15) is 18.4 Å². The number of hydrogen-bond donors (Lipinski definition) is 3. The highest BCUT2D eigenvalue weighted by Crippen LogP contribution is 2.18. The fourth-order valence-electron chi connectivity index (χ4n) is 2.57. The smallest absolute Gasteiger partial charge is 0.404 e. The Kier molecular flexibility index (Phi) is 6.67. The van der Waals surface area contributed by atoms with Crippen LogP contribution in [0.15, 0.2) is 30.3 Å². The van der Waals surface area contributed by atoms with Crippen LogP contribution in [0.4, 0.5) is 4.79 Å². The number of piperidine rings is 1. The molecule has 1 aromatic rings. The van der Waals surface area contributed by atoms with Gasteiger partial charge in [0.25, 0.3) is 0 Å². The van der Waals surface area contributed by atoms with Gasteiger partial charge in [-0.15, -0.1) is 12.4 Å². The van der Waals surface area contributed by atoms with Crippen molar-refractivity contribution in [2.75, 3.05) is 13.1 Å². The first-order valence-corrected chi connectivity index (χ1v) is 6.48. The van der Waals surface area contributed by atoms with E-state index in [1.807, 2.05) is 6.07 Å². The number of hydrogen-bond acceptors (Lipinski definition) is 2. The van der Waals surface area contributed by atoms with Gasteiger partial charge in [-0.3, -0.25) is 0 Å². The van der Waals surface area contributed by atoms with Crippen molar-refractivity contribution in [3.8, 4) is 0 Å². The van der Waals surface area contributed by atoms with Crippen LogP contribution in [0.2, 0.25) is 0 Å². The van der Waals surface area contributed by atoms with Crippen molar-refractivity contribution < 1.29 is 9.90 Å². The summed E-state index contributed by atoms with van der Waals surface area (Å²) in [5.41, 5.74) is 1.34. The summed E-state index contributed by atoms with van der Waals surface area (Å²) >= 11 is 0. The van der Waals surface area contributed by atoms with Crippen LogP contribution in [-0.4, -0.2) is 30.3 Å². The molecule has 0 aromatic heterocycles. The molecule has 0 spiro atoms. The van der Waals surface area contributed by atoms with E-state index in [2.05, 4.69) is 34.9 Å². The van der Waals surface area contributed by atoms with E-state index < -0.39 is 6.09 Å². The Morgan fingerprint density at radius 3 is 2.79 bits per heavy atom. The lowest BCUT2D eigenvalue weighted by Gasteiger charge is -2.30. The van der Waals surface area contributed by atoms with Gasteiger partial charge in [0.15, 0.2) is 0 Å². The highest BCUT2D eigenvalue weighted by Gasteiger charge is 2.21. The van der Waals surface area contributed by atoms with Crippen molar-refractivity contribution in [3.63, 3.8) is 0 Å². The molecule has 4 nitrogen and oxygen atoms in total. The quantitative estimate of drug-likeness (QED) is 0.795. The Bertz CT molecular complexity index is 386. The predicted octanol–water partition coefficient (Wildman–Crippen LogP) is 2.29. The second kappa shape index (κ2) is 8.02. The minimum Gasteiger partial charge on any atom is -0.465 e. The number of benzene rings is 1. The minimum absolute atomic E-state index is 0. The van der Waals surface area contributed by atoms with Crippen LogP contribution in [0.5, 0.6) is 0 Å². The van der Waals surface area contributed by atoms with E-state index in [0.29, 0.717) is 18.5 Å². The molecule has 19 heavy (non-hydrogen) atoms. The van der Waals surface area contributed by atoms with Crippen molar-refractivity contribution in [2.24, 2.45) is 5.92 Å². The third kappa shape index (κ3) is 5.49. The summed E-state index contributed by atoms with van der Waals surface area (Å²) in [6.45, 7) is 1.55. The van der Waals surface area contributed by atoms with Crippen LogP contribution in [0.3, 0.4) is 0 Å². The molecule has 0 bridgehead atoms. The maximum absolute atomic E-state index is 10.5. The number of amides is 1. The number of halogens is 1. The Morgan fingerprint density at radius 1 is 1.37 bits per heavy atom. The lowest BCUT2D eigenvalue weighted by Crippen LogP contribution is -2.42. The molecule has 0 aliphatic carbocycles. The average Bonchev–Trinajstić information content (AvgIpc) is 2.38. The summed E-state index contributed by atoms with van der Waals surface area (Å²) in [4.78, 5) is 10.5. The summed E-state index contributed by atoms with van der Waals surface area (Å²) in [5, 5.41) is 14.6. The maximum Gasteiger partial charge on any atom is 0.404 e. The SMILES string of the molecule is Cl.O=C(O)NCC1CCNC(Cc2ccccc2)C1. The van der Waals surface area contributed by atoms with Crippen LogP contribution in [-0.2, 0) is 6.42 Å². The Morgan fingerprint density at radius 2 is 2.11 bits per heavy atom. The molecule has 1 saturated heterocycles. The van der Waals surface area contributed by atoms with E-state index in [4.69, 9.17) is 5.11 Å². The summed E-state index contributed by atoms with van der Waals surface area (Å²) in [6, 6.07) is 10.9. The number of nitrogens with one attached hydrogen (secondary N) is 2. The fourth-order valence-corrected chi connectivity index (χ4v) is 2.57. The van der Waals surface area contributed by atoms with Crippen LogP contribution in [0.25, 0.3) is 0 Å². The van der Waals surface area contributed by atoms with Crippen LogP contribution >= 0.6 is 12.4 Å². The molecule has 1 aliphatic heterocycles. The van der Waals surface area contributed by atoms with Crippen LogP contribution < -0.4 is 10.6 Å². The average molecular weight is 285 g/mol. The maximum atomic E-state index is 10.5. The van der Waals surface area contributed by atoms with E-state index in [9.17, 15) is 4.79 Å². The number of carbonyl (C=O) groups is 1. The Hall–Kier alpha value is -1.26.